The van der Waals surface area contributed by atoms with Crippen LogP contribution in [0.5, 0.6) is 17.2 Å². The summed E-state index contributed by atoms with van der Waals surface area (Å²) in [5.74, 6) is 3.55. The fourth-order valence-electron chi connectivity index (χ4n) is 5.43. The second-order valence-electron chi connectivity index (χ2n) is 10.1. The number of fused-ring (bicyclic) bond motifs is 2. The average Bonchev–Trinajstić information content (AvgIpc) is 3.47. The third-order valence-electron chi connectivity index (χ3n) is 7.46. The third-order valence-corrected chi connectivity index (χ3v) is 7.46. The van der Waals surface area contributed by atoms with Crippen molar-refractivity contribution in [2.24, 2.45) is 11.8 Å². The van der Waals surface area contributed by atoms with Crippen molar-refractivity contribution in [3.63, 3.8) is 0 Å². The van der Waals surface area contributed by atoms with Gasteiger partial charge < -0.3 is 25.0 Å². The summed E-state index contributed by atoms with van der Waals surface area (Å²) >= 11 is 0. The average molecular weight is 523 g/mol. The molecule has 6 rings (SSSR count). The minimum absolute atomic E-state index is 0.00889. The van der Waals surface area contributed by atoms with Crippen molar-refractivity contribution >= 4 is 35.0 Å². The Morgan fingerprint density at radius 3 is 2.74 bits per heavy atom. The summed E-state index contributed by atoms with van der Waals surface area (Å²) in [6.45, 7) is 2.03. The number of amides is 2. The molecular formula is C31H30N4O4. The molecule has 39 heavy (non-hydrogen) atoms. The zero-order valence-electron chi connectivity index (χ0n) is 21.7. The molecule has 1 aliphatic carbocycles. The number of nitrogens with one attached hydrogen (secondary N) is 2. The Morgan fingerprint density at radius 1 is 1.08 bits per heavy atom. The number of allylic oxidation sites excluding steroid dienone is 1. The maximum atomic E-state index is 12.9. The Kier molecular flexibility index (Phi) is 6.75. The van der Waals surface area contributed by atoms with Crippen molar-refractivity contribution in [2.45, 2.75) is 12.8 Å². The standard InChI is InChI=1S/C31H30N4O4/c1-38-26-3-2-4-27(16-26)39-25-8-6-21(7-9-25)22-14-23-18-35(19-24(23)15-22)30(37)10-5-20-13-28-31(33-17-20)34-29(36)11-12-32-28/h2-10,13-14,16-17,23-24,32H,11-12,15,18-19H2,1H3,(H,33,34,36)/b10-5+/t23-,24+/m0/s1. The molecule has 0 saturated carbocycles. The van der Waals surface area contributed by atoms with E-state index in [9.17, 15) is 9.59 Å². The van der Waals surface area contributed by atoms with E-state index in [-0.39, 0.29) is 11.8 Å². The highest BCUT2D eigenvalue weighted by molar-refractivity contribution is 5.95. The van der Waals surface area contributed by atoms with Gasteiger partial charge >= 0.3 is 0 Å². The number of anilines is 2. The summed E-state index contributed by atoms with van der Waals surface area (Å²) in [6.07, 6.45) is 8.75. The number of hydrogen-bond donors (Lipinski definition) is 2. The Balaban J connectivity index is 1.05. The normalized spacial score (nSPS) is 20.0. The molecule has 1 fully saturated rings. The Morgan fingerprint density at radius 2 is 1.92 bits per heavy atom. The minimum atomic E-state index is -0.0560. The van der Waals surface area contributed by atoms with Crippen LogP contribution in [0.2, 0.25) is 0 Å². The zero-order chi connectivity index (χ0) is 26.8. The van der Waals surface area contributed by atoms with Crippen LogP contribution in [0.3, 0.4) is 0 Å². The van der Waals surface area contributed by atoms with Gasteiger partial charge in [0.05, 0.1) is 12.8 Å². The summed E-state index contributed by atoms with van der Waals surface area (Å²) in [7, 11) is 1.64. The summed E-state index contributed by atoms with van der Waals surface area (Å²) in [5, 5.41) is 5.99. The third kappa shape index (κ3) is 5.50. The number of aromatic nitrogens is 1. The quantitative estimate of drug-likeness (QED) is 0.432. The highest BCUT2D eigenvalue weighted by Gasteiger charge is 2.37. The zero-order valence-corrected chi connectivity index (χ0v) is 21.7. The van der Waals surface area contributed by atoms with Crippen LogP contribution in [0, 0.1) is 11.8 Å². The molecule has 3 aromatic rings. The van der Waals surface area contributed by atoms with Crippen LogP contribution in [-0.4, -0.2) is 48.4 Å². The van der Waals surface area contributed by atoms with Crippen molar-refractivity contribution in [1.82, 2.24) is 9.88 Å². The second kappa shape index (κ2) is 10.6. The molecule has 198 valence electrons. The molecule has 3 aliphatic rings. The number of pyridine rings is 1. The fourth-order valence-corrected chi connectivity index (χ4v) is 5.43. The van der Waals surface area contributed by atoms with Crippen molar-refractivity contribution in [3.8, 4) is 17.2 Å². The SMILES string of the molecule is COc1cccc(Oc2ccc(C3=C[C@H]4CN(C(=O)/C=C/c5cnc6c(c5)NCCC(=O)N6)C[C@H]4C3)cc2)c1. The lowest BCUT2D eigenvalue weighted by Crippen LogP contribution is -2.27. The lowest BCUT2D eigenvalue weighted by molar-refractivity contribution is -0.125. The molecule has 0 spiro atoms. The van der Waals surface area contributed by atoms with E-state index in [1.54, 1.807) is 25.5 Å². The molecule has 2 atom stereocenters. The molecule has 3 heterocycles. The minimum Gasteiger partial charge on any atom is -0.497 e. The summed E-state index contributed by atoms with van der Waals surface area (Å²) in [5.41, 5.74) is 4.10. The molecule has 0 radical (unpaired) electrons. The first-order chi connectivity index (χ1) is 19.0. The smallest absolute Gasteiger partial charge is 0.246 e. The van der Waals surface area contributed by atoms with E-state index < -0.39 is 0 Å². The largest absolute Gasteiger partial charge is 0.497 e. The Labute approximate surface area is 227 Å². The lowest BCUT2D eigenvalue weighted by Gasteiger charge is -2.15. The van der Waals surface area contributed by atoms with Crippen molar-refractivity contribution in [1.29, 1.82) is 0 Å². The van der Waals surface area contributed by atoms with E-state index in [4.69, 9.17) is 9.47 Å². The van der Waals surface area contributed by atoms with Gasteiger partial charge in [-0.05, 0) is 71.4 Å². The first-order valence-corrected chi connectivity index (χ1v) is 13.2. The van der Waals surface area contributed by atoms with Gasteiger partial charge in [-0.2, -0.15) is 0 Å². The number of nitrogens with zero attached hydrogens (tertiary/aromatic N) is 2. The fraction of sp³-hybridized carbons (Fsp3) is 0.258. The number of carbonyl (C=O) groups excluding carboxylic acids is 2. The summed E-state index contributed by atoms with van der Waals surface area (Å²) in [6, 6.07) is 17.6. The van der Waals surface area contributed by atoms with Crippen molar-refractivity contribution in [3.05, 3.63) is 84.1 Å². The van der Waals surface area contributed by atoms with Crippen molar-refractivity contribution in [2.75, 3.05) is 37.4 Å². The van der Waals surface area contributed by atoms with Crippen LogP contribution >= 0.6 is 0 Å². The van der Waals surface area contributed by atoms with Gasteiger partial charge in [0.1, 0.15) is 17.2 Å². The van der Waals surface area contributed by atoms with Gasteiger partial charge in [-0.25, -0.2) is 4.98 Å². The summed E-state index contributed by atoms with van der Waals surface area (Å²) < 4.78 is 11.2. The van der Waals surface area contributed by atoms with Gasteiger partial charge in [0, 0.05) is 44.4 Å². The predicted molar refractivity (Wildman–Crippen MR) is 151 cm³/mol. The van der Waals surface area contributed by atoms with Crippen LogP contribution in [0.4, 0.5) is 11.5 Å². The van der Waals surface area contributed by atoms with Gasteiger partial charge in [-0.15, -0.1) is 0 Å². The molecule has 1 saturated heterocycles. The van der Waals surface area contributed by atoms with Gasteiger partial charge in [0.25, 0.3) is 0 Å². The highest BCUT2D eigenvalue weighted by Crippen LogP contribution is 2.41. The molecule has 2 N–H and O–H groups in total. The van der Waals surface area contributed by atoms with E-state index in [0.717, 1.165) is 48.0 Å². The molecule has 2 aliphatic heterocycles. The van der Waals surface area contributed by atoms with Gasteiger partial charge in [-0.3, -0.25) is 9.59 Å². The molecule has 2 amide bonds. The number of rotatable bonds is 6. The molecule has 0 unspecified atom stereocenters. The maximum absolute atomic E-state index is 12.9. The Bertz CT molecular complexity index is 1460. The highest BCUT2D eigenvalue weighted by atomic mass is 16.5. The number of ether oxygens (including phenoxy) is 2. The first kappa shape index (κ1) is 24.7. The number of benzene rings is 2. The van der Waals surface area contributed by atoms with Gasteiger partial charge in [0.2, 0.25) is 11.8 Å². The van der Waals surface area contributed by atoms with Crippen molar-refractivity contribution < 1.29 is 19.1 Å². The molecule has 2 aromatic carbocycles. The Hall–Kier alpha value is -4.59. The molecule has 8 nitrogen and oxygen atoms in total. The molecule has 8 heteroatoms. The van der Waals surface area contributed by atoms with E-state index in [0.29, 0.717) is 30.6 Å². The van der Waals surface area contributed by atoms with Crippen LogP contribution in [0.1, 0.15) is 24.0 Å². The van der Waals surface area contributed by atoms with Gasteiger partial charge in [-0.1, -0.05) is 24.3 Å². The van der Waals surface area contributed by atoms with E-state index in [1.807, 2.05) is 47.4 Å². The lowest BCUT2D eigenvalue weighted by atomic mass is 9.98. The van der Waals surface area contributed by atoms with Crippen LogP contribution < -0.4 is 20.1 Å². The number of carbonyl (C=O) groups is 2. The number of methoxy groups -OCH3 is 1. The topological polar surface area (TPSA) is 92.8 Å². The number of likely N-dealkylation sites (tertiary alicyclic amines) is 1. The van der Waals surface area contributed by atoms with Crippen LogP contribution in [0.25, 0.3) is 11.6 Å². The maximum Gasteiger partial charge on any atom is 0.246 e. The van der Waals surface area contributed by atoms with E-state index >= 15 is 0 Å². The predicted octanol–water partition coefficient (Wildman–Crippen LogP) is 5.21. The molecular weight excluding hydrogens is 492 g/mol. The first-order valence-electron chi connectivity index (χ1n) is 13.2. The second-order valence-corrected chi connectivity index (χ2v) is 10.1. The van der Waals surface area contributed by atoms with Crippen LogP contribution in [-0.2, 0) is 9.59 Å². The molecule has 1 aromatic heterocycles. The van der Waals surface area contributed by atoms with Crippen LogP contribution in [0.15, 0.2) is 72.9 Å². The van der Waals surface area contributed by atoms with Gasteiger partial charge in [0.15, 0.2) is 5.82 Å². The number of hydrogen-bond acceptors (Lipinski definition) is 6. The van der Waals surface area contributed by atoms with E-state index in [2.05, 4.69) is 33.8 Å². The monoisotopic (exact) mass is 522 g/mol. The van der Waals surface area contributed by atoms with E-state index in [1.165, 1.54) is 11.1 Å². The summed E-state index contributed by atoms with van der Waals surface area (Å²) in [4.78, 5) is 30.9. The molecule has 0 bridgehead atoms.